The number of ether oxygens (including phenoxy) is 3. The number of unbranched alkanes of at least 4 members (excludes halogenated alkanes) is 4. The first-order valence-electron chi connectivity index (χ1n) is 14.3. The van der Waals surface area contributed by atoms with Crippen molar-refractivity contribution in [2.24, 2.45) is 0 Å². The van der Waals surface area contributed by atoms with E-state index in [2.05, 4.69) is 6.92 Å². The zero-order valence-electron chi connectivity index (χ0n) is 23.8. The summed E-state index contributed by atoms with van der Waals surface area (Å²) in [5.41, 5.74) is 3.02. The standard InChI is InChI=1S/C33H44O6S/c1-3-4-5-6-16-23-31(37-25-29-19-12-8-13-20-29)33(38-26-30-21-14-9-15-22-30)32(39-40(2,34)35)27-36-24-28-17-10-7-11-18-28/h7-15,17-22,31-33H,3-6,16,23-27H2,1-2H3/t31-,32-,33-/m1/s1. The predicted octanol–water partition coefficient (Wildman–Crippen LogP) is 7.08. The van der Waals surface area contributed by atoms with Crippen LogP contribution >= 0.6 is 0 Å². The van der Waals surface area contributed by atoms with Crippen LogP contribution < -0.4 is 0 Å². The van der Waals surface area contributed by atoms with Gasteiger partial charge in [0.15, 0.2) is 0 Å². The van der Waals surface area contributed by atoms with E-state index in [0.717, 1.165) is 48.6 Å². The molecule has 0 aromatic heterocycles. The molecule has 0 saturated carbocycles. The van der Waals surface area contributed by atoms with E-state index >= 15 is 0 Å². The summed E-state index contributed by atoms with van der Waals surface area (Å²) >= 11 is 0. The highest BCUT2D eigenvalue weighted by molar-refractivity contribution is 7.86. The van der Waals surface area contributed by atoms with E-state index in [1.165, 1.54) is 12.8 Å². The molecule has 3 aromatic rings. The third-order valence-corrected chi connectivity index (χ3v) is 7.21. The summed E-state index contributed by atoms with van der Waals surface area (Å²) in [7, 11) is -3.80. The summed E-state index contributed by atoms with van der Waals surface area (Å²) < 4.78 is 49.4. The molecule has 3 aromatic carbocycles. The Bertz CT molecular complexity index is 1160. The molecule has 0 aliphatic heterocycles. The number of hydrogen-bond donors (Lipinski definition) is 0. The van der Waals surface area contributed by atoms with E-state index in [-0.39, 0.29) is 6.61 Å². The van der Waals surface area contributed by atoms with E-state index in [0.29, 0.717) is 19.8 Å². The minimum atomic E-state index is -3.80. The SMILES string of the molecule is CCCCCCC[C@@H](OCc1ccccc1)[C@@H](OCc1ccccc1)[C@@H](COCc1ccccc1)OS(C)(=O)=O. The molecule has 40 heavy (non-hydrogen) atoms. The van der Waals surface area contributed by atoms with Crippen LogP contribution in [0.4, 0.5) is 0 Å². The maximum atomic E-state index is 12.4. The molecule has 7 heteroatoms. The van der Waals surface area contributed by atoms with Crippen molar-refractivity contribution in [3.63, 3.8) is 0 Å². The zero-order chi connectivity index (χ0) is 28.5. The van der Waals surface area contributed by atoms with Crippen molar-refractivity contribution in [3.8, 4) is 0 Å². The zero-order valence-corrected chi connectivity index (χ0v) is 24.6. The van der Waals surface area contributed by atoms with Crippen LogP contribution in [-0.4, -0.2) is 39.6 Å². The fourth-order valence-electron chi connectivity index (χ4n) is 4.56. The van der Waals surface area contributed by atoms with Crippen LogP contribution in [0.3, 0.4) is 0 Å². The lowest BCUT2D eigenvalue weighted by molar-refractivity contribution is -0.141. The van der Waals surface area contributed by atoms with Gasteiger partial charge in [-0.1, -0.05) is 130 Å². The molecule has 0 unspecified atom stereocenters. The normalized spacial score (nSPS) is 14.1. The summed E-state index contributed by atoms with van der Waals surface area (Å²) in [5, 5.41) is 0. The van der Waals surface area contributed by atoms with Crippen molar-refractivity contribution >= 4 is 10.1 Å². The van der Waals surface area contributed by atoms with Crippen molar-refractivity contribution in [3.05, 3.63) is 108 Å². The Labute approximate surface area is 240 Å². The van der Waals surface area contributed by atoms with Gasteiger partial charge in [0.25, 0.3) is 10.1 Å². The monoisotopic (exact) mass is 568 g/mol. The Morgan fingerprint density at radius 2 is 1.12 bits per heavy atom. The van der Waals surface area contributed by atoms with Gasteiger partial charge in [-0.25, -0.2) is 0 Å². The molecule has 0 aliphatic rings. The van der Waals surface area contributed by atoms with Crippen LogP contribution in [0.1, 0.15) is 62.1 Å². The quantitative estimate of drug-likeness (QED) is 0.107. The molecule has 0 heterocycles. The Kier molecular flexibility index (Phi) is 14.4. The average molecular weight is 569 g/mol. The molecule has 3 rings (SSSR count). The summed E-state index contributed by atoms with van der Waals surface area (Å²) in [6, 6.07) is 29.6. The van der Waals surface area contributed by atoms with Crippen LogP contribution in [0, 0.1) is 0 Å². The molecule has 0 saturated heterocycles. The molecule has 0 aliphatic carbocycles. The van der Waals surface area contributed by atoms with Crippen LogP contribution in [0.5, 0.6) is 0 Å². The molecule has 0 N–H and O–H groups in total. The molecule has 0 amide bonds. The maximum Gasteiger partial charge on any atom is 0.264 e. The second-order valence-corrected chi connectivity index (χ2v) is 11.7. The highest BCUT2D eigenvalue weighted by atomic mass is 32.2. The molecular weight excluding hydrogens is 524 g/mol. The van der Waals surface area contributed by atoms with E-state index in [4.69, 9.17) is 18.4 Å². The van der Waals surface area contributed by atoms with Gasteiger partial charge in [0, 0.05) is 0 Å². The summed E-state index contributed by atoms with van der Waals surface area (Å²) in [6.45, 7) is 3.27. The fourth-order valence-corrected chi connectivity index (χ4v) is 5.17. The van der Waals surface area contributed by atoms with Crippen molar-refractivity contribution in [1.82, 2.24) is 0 Å². The van der Waals surface area contributed by atoms with Crippen LogP contribution in [0.2, 0.25) is 0 Å². The maximum absolute atomic E-state index is 12.4. The summed E-state index contributed by atoms with van der Waals surface area (Å²) in [6.07, 6.45) is 5.39. The Hall–Kier alpha value is -2.55. The van der Waals surface area contributed by atoms with E-state index in [9.17, 15) is 8.42 Å². The third-order valence-electron chi connectivity index (χ3n) is 6.61. The molecule has 0 radical (unpaired) electrons. The first kappa shape index (κ1) is 32.0. The van der Waals surface area contributed by atoms with Crippen molar-refractivity contribution in [2.45, 2.75) is 83.6 Å². The Balaban J connectivity index is 1.83. The third kappa shape index (κ3) is 12.7. The van der Waals surface area contributed by atoms with Gasteiger partial charge in [-0.05, 0) is 23.1 Å². The minimum absolute atomic E-state index is 0.0441. The van der Waals surface area contributed by atoms with Crippen LogP contribution in [0.15, 0.2) is 91.0 Å². The number of rotatable bonds is 20. The van der Waals surface area contributed by atoms with Gasteiger partial charge in [0.1, 0.15) is 12.2 Å². The number of hydrogen-bond acceptors (Lipinski definition) is 6. The van der Waals surface area contributed by atoms with E-state index in [1.54, 1.807) is 0 Å². The lowest BCUT2D eigenvalue weighted by Gasteiger charge is -2.33. The van der Waals surface area contributed by atoms with Crippen LogP contribution in [-0.2, 0) is 48.3 Å². The average Bonchev–Trinajstić information content (AvgIpc) is 2.96. The van der Waals surface area contributed by atoms with Crippen molar-refractivity contribution < 1.29 is 26.8 Å². The molecule has 0 bridgehead atoms. The molecule has 0 spiro atoms. The Morgan fingerprint density at radius 3 is 1.65 bits per heavy atom. The topological polar surface area (TPSA) is 71.1 Å². The first-order chi connectivity index (χ1) is 19.4. The van der Waals surface area contributed by atoms with E-state index < -0.39 is 28.4 Å². The minimum Gasteiger partial charge on any atom is -0.374 e. The second-order valence-electron chi connectivity index (χ2n) is 10.1. The van der Waals surface area contributed by atoms with Crippen LogP contribution in [0.25, 0.3) is 0 Å². The lowest BCUT2D eigenvalue weighted by Crippen LogP contribution is -2.46. The van der Waals surface area contributed by atoms with Gasteiger partial charge >= 0.3 is 0 Å². The van der Waals surface area contributed by atoms with Gasteiger partial charge in [0.05, 0.1) is 38.8 Å². The lowest BCUT2D eigenvalue weighted by atomic mass is 10.0. The largest absolute Gasteiger partial charge is 0.374 e. The van der Waals surface area contributed by atoms with Crippen molar-refractivity contribution in [1.29, 1.82) is 0 Å². The van der Waals surface area contributed by atoms with Gasteiger partial charge in [-0.3, -0.25) is 4.18 Å². The highest BCUT2D eigenvalue weighted by Gasteiger charge is 2.35. The molecule has 6 nitrogen and oxygen atoms in total. The molecular formula is C33H44O6S. The summed E-state index contributed by atoms with van der Waals surface area (Å²) in [5.74, 6) is 0. The molecule has 3 atom stereocenters. The molecule has 218 valence electrons. The smallest absolute Gasteiger partial charge is 0.264 e. The van der Waals surface area contributed by atoms with Gasteiger partial charge in [0.2, 0.25) is 0 Å². The second kappa shape index (κ2) is 18.0. The fraction of sp³-hybridized carbons (Fsp3) is 0.455. The van der Waals surface area contributed by atoms with Gasteiger partial charge in [-0.2, -0.15) is 8.42 Å². The highest BCUT2D eigenvalue weighted by Crippen LogP contribution is 2.23. The summed E-state index contributed by atoms with van der Waals surface area (Å²) in [4.78, 5) is 0. The van der Waals surface area contributed by atoms with E-state index in [1.807, 2.05) is 91.0 Å². The first-order valence-corrected chi connectivity index (χ1v) is 16.1. The van der Waals surface area contributed by atoms with Gasteiger partial charge in [-0.15, -0.1) is 0 Å². The van der Waals surface area contributed by atoms with Gasteiger partial charge < -0.3 is 14.2 Å². The number of benzene rings is 3. The predicted molar refractivity (Wildman–Crippen MR) is 159 cm³/mol. The van der Waals surface area contributed by atoms with Crippen molar-refractivity contribution in [2.75, 3.05) is 12.9 Å². The Morgan fingerprint density at radius 1 is 0.625 bits per heavy atom. The molecule has 0 fully saturated rings.